The Bertz CT molecular complexity index is 1350. The number of halogens is 1. The number of fused-ring (bicyclic) bond motifs is 1. The molecule has 0 fully saturated rings. The second kappa shape index (κ2) is 9.16. The van der Waals surface area contributed by atoms with E-state index in [-0.39, 0.29) is 12.4 Å². The van der Waals surface area contributed by atoms with Crippen molar-refractivity contribution in [1.29, 1.82) is 0 Å². The third kappa shape index (κ3) is 4.31. The molecule has 2 aromatic heterocycles. The Morgan fingerprint density at radius 1 is 0.875 bits per heavy atom. The number of rotatable bonds is 5. The van der Waals surface area contributed by atoms with Gasteiger partial charge in [0.1, 0.15) is 12.4 Å². The van der Waals surface area contributed by atoms with Crippen LogP contribution in [0.25, 0.3) is 33.4 Å². The molecule has 5 aromatic rings. The van der Waals surface area contributed by atoms with Gasteiger partial charge in [0.2, 0.25) is 0 Å². The van der Waals surface area contributed by atoms with Crippen LogP contribution >= 0.6 is 12.4 Å². The molecule has 0 bridgehead atoms. The van der Waals surface area contributed by atoms with Crippen molar-refractivity contribution in [3.8, 4) is 28.3 Å². The molecule has 7 heteroatoms. The topological polar surface area (TPSA) is 76.6 Å². The third-order valence-electron chi connectivity index (χ3n) is 5.24. The zero-order chi connectivity index (χ0) is 21.2. The van der Waals surface area contributed by atoms with Crippen molar-refractivity contribution >= 4 is 23.3 Å². The molecule has 6 nitrogen and oxygen atoms in total. The lowest BCUT2D eigenvalue weighted by atomic mass is 9.98. The highest BCUT2D eigenvalue weighted by Crippen LogP contribution is 2.30. The Hall–Kier alpha value is -3.77. The van der Waals surface area contributed by atoms with Crippen molar-refractivity contribution in [3.05, 3.63) is 89.6 Å². The second-order valence-electron chi connectivity index (χ2n) is 7.56. The number of H-pyrrole nitrogens is 1. The largest absolute Gasteiger partial charge is 0.488 e. The van der Waals surface area contributed by atoms with Crippen LogP contribution in [-0.2, 0) is 6.61 Å². The van der Waals surface area contributed by atoms with Crippen molar-refractivity contribution in [2.45, 2.75) is 20.5 Å². The Labute approximate surface area is 192 Å². The minimum Gasteiger partial charge on any atom is -0.488 e. The predicted octanol–water partition coefficient (Wildman–Crippen LogP) is 5.70. The lowest BCUT2D eigenvalue weighted by molar-refractivity contribution is 0.309. The van der Waals surface area contributed by atoms with E-state index in [1.54, 1.807) is 0 Å². The van der Waals surface area contributed by atoms with Crippen LogP contribution in [0.3, 0.4) is 0 Å². The monoisotopic (exact) mass is 443 g/mol. The molecule has 0 aliphatic carbocycles. The quantitative estimate of drug-likeness (QED) is 0.377. The number of hydrogen-bond acceptors (Lipinski definition) is 5. The first-order chi connectivity index (χ1) is 15.2. The van der Waals surface area contributed by atoms with Crippen LogP contribution < -0.4 is 4.74 Å². The molecule has 2 heterocycles. The van der Waals surface area contributed by atoms with Crippen molar-refractivity contribution in [3.63, 3.8) is 0 Å². The Kier molecular flexibility index (Phi) is 6.14. The fourth-order valence-electron chi connectivity index (χ4n) is 3.71. The Morgan fingerprint density at radius 2 is 1.66 bits per heavy atom. The minimum atomic E-state index is 0. The summed E-state index contributed by atoms with van der Waals surface area (Å²) in [6.45, 7) is 4.55. The highest BCUT2D eigenvalue weighted by Gasteiger charge is 2.10. The van der Waals surface area contributed by atoms with Gasteiger partial charge in [-0.05, 0) is 53.1 Å². The predicted molar refractivity (Wildman–Crippen MR) is 128 cm³/mol. The second-order valence-corrected chi connectivity index (χ2v) is 7.56. The number of aromatic nitrogens is 5. The summed E-state index contributed by atoms with van der Waals surface area (Å²) >= 11 is 0. The van der Waals surface area contributed by atoms with Crippen LogP contribution in [0, 0.1) is 13.8 Å². The normalized spacial score (nSPS) is 10.7. The highest BCUT2D eigenvalue weighted by atomic mass is 35.5. The molecule has 0 saturated heterocycles. The van der Waals surface area contributed by atoms with Gasteiger partial charge in [-0.2, -0.15) is 0 Å². The zero-order valence-electron chi connectivity index (χ0n) is 17.7. The summed E-state index contributed by atoms with van der Waals surface area (Å²) < 4.78 is 6.20. The molecule has 0 radical (unpaired) electrons. The van der Waals surface area contributed by atoms with Gasteiger partial charge in [0.05, 0.1) is 5.52 Å². The fourth-order valence-corrected chi connectivity index (χ4v) is 3.71. The number of tetrazole rings is 1. The SMILES string of the molecule is Cc1ccc2nc(C)cc(OCc3ccc(-c4ccccc4-c4nnn[nH]4)cc3)c2c1.Cl. The van der Waals surface area contributed by atoms with Gasteiger partial charge in [-0.1, -0.05) is 60.2 Å². The van der Waals surface area contributed by atoms with Crippen molar-refractivity contribution in [2.75, 3.05) is 0 Å². The van der Waals surface area contributed by atoms with Crippen LogP contribution in [0.5, 0.6) is 5.75 Å². The lowest BCUT2D eigenvalue weighted by Gasteiger charge is -2.12. The van der Waals surface area contributed by atoms with E-state index in [9.17, 15) is 0 Å². The number of aryl methyl sites for hydroxylation is 2. The molecule has 1 N–H and O–H groups in total. The molecule has 160 valence electrons. The maximum absolute atomic E-state index is 6.20. The van der Waals surface area contributed by atoms with Gasteiger partial charge in [0.15, 0.2) is 5.82 Å². The van der Waals surface area contributed by atoms with Gasteiger partial charge in [0.25, 0.3) is 0 Å². The summed E-state index contributed by atoms with van der Waals surface area (Å²) in [5, 5.41) is 15.3. The Balaban J connectivity index is 0.00000245. The van der Waals surface area contributed by atoms with Crippen LogP contribution in [-0.4, -0.2) is 25.6 Å². The van der Waals surface area contributed by atoms with E-state index in [2.05, 4.69) is 75.0 Å². The van der Waals surface area contributed by atoms with Gasteiger partial charge in [-0.3, -0.25) is 4.98 Å². The zero-order valence-corrected chi connectivity index (χ0v) is 18.6. The first-order valence-electron chi connectivity index (χ1n) is 10.1. The first kappa shape index (κ1) is 21.5. The minimum absolute atomic E-state index is 0. The molecule has 0 spiro atoms. The average molecular weight is 444 g/mol. The van der Waals surface area contributed by atoms with E-state index in [0.29, 0.717) is 12.4 Å². The van der Waals surface area contributed by atoms with E-state index in [0.717, 1.165) is 44.6 Å². The molecule has 5 rings (SSSR count). The number of pyridine rings is 1. The molecule has 0 saturated carbocycles. The number of nitrogens with zero attached hydrogens (tertiary/aromatic N) is 4. The summed E-state index contributed by atoms with van der Waals surface area (Å²) in [5.74, 6) is 1.51. The number of ether oxygens (including phenoxy) is 1. The van der Waals surface area contributed by atoms with Crippen LogP contribution in [0.15, 0.2) is 72.8 Å². The van der Waals surface area contributed by atoms with Crippen molar-refractivity contribution in [1.82, 2.24) is 25.6 Å². The van der Waals surface area contributed by atoms with E-state index < -0.39 is 0 Å². The molecule has 0 unspecified atom stereocenters. The van der Waals surface area contributed by atoms with Gasteiger partial charge >= 0.3 is 0 Å². The van der Waals surface area contributed by atoms with Gasteiger partial charge in [-0.25, -0.2) is 5.10 Å². The average Bonchev–Trinajstić information content (AvgIpc) is 3.33. The third-order valence-corrected chi connectivity index (χ3v) is 5.24. The molecule has 32 heavy (non-hydrogen) atoms. The molecule has 3 aromatic carbocycles. The summed E-state index contributed by atoms with van der Waals surface area (Å²) in [7, 11) is 0. The van der Waals surface area contributed by atoms with Gasteiger partial charge in [0, 0.05) is 22.7 Å². The highest BCUT2D eigenvalue weighted by molar-refractivity contribution is 5.86. The van der Waals surface area contributed by atoms with Crippen molar-refractivity contribution in [2.24, 2.45) is 0 Å². The summed E-state index contributed by atoms with van der Waals surface area (Å²) in [6, 6.07) is 24.7. The van der Waals surface area contributed by atoms with E-state index in [1.807, 2.05) is 37.3 Å². The van der Waals surface area contributed by atoms with Crippen LogP contribution in [0.4, 0.5) is 0 Å². The van der Waals surface area contributed by atoms with E-state index in [1.165, 1.54) is 5.56 Å². The van der Waals surface area contributed by atoms with Gasteiger partial charge in [-0.15, -0.1) is 17.5 Å². The molecule has 0 amide bonds. The van der Waals surface area contributed by atoms with Crippen molar-refractivity contribution < 1.29 is 4.74 Å². The first-order valence-corrected chi connectivity index (χ1v) is 10.1. The maximum atomic E-state index is 6.20. The molecule has 0 atom stereocenters. The number of nitrogens with one attached hydrogen (secondary N) is 1. The van der Waals surface area contributed by atoms with Crippen LogP contribution in [0.2, 0.25) is 0 Å². The Morgan fingerprint density at radius 3 is 2.41 bits per heavy atom. The molecule has 0 aliphatic heterocycles. The molecular formula is C25H22ClN5O. The lowest BCUT2D eigenvalue weighted by Crippen LogP contribution is -1.98. The number of aromatic amines is 1. The van der Waals surface area contributed by atoms with Crippen LogP contribution in [0.1, 0.15) is 16.8 Å². The molecule has 0 aliphatic rings. The smallest absolute Gasteiger partial charge is 0.180 e. The maximum Gasteiger partial charge on any atom is 0.180 e. The van der Waals surface area contributed by atoms with E-state index in [4.69, 9.17) is 4.74 Å². The summed E-state index contributed by atoms with van der Waals surface area (Å²) in [4.78, 5) is 4.61. The summed E-state index contributed by atoms with van der Waals surface area (Å²) in [5.41, 5.74) is 7.31. The number of hydrogen-bond donors (Lipinski definition) is 1. The standard InChI is InChI=1S/C25H21N5O.ClH/c1-16-7-12-23-22(13-16)24(14-17(2)26-23)31-15-18-8-10-19(11-9-18)20-5-3-4-6-21(20)25-27-29-30-28-25;/h3-14H,15H2,1-2H3,(H,27,28,29,30);1H. The summed E-state index contributed by atoms with van der Waals surface area (Å²) in [6.07, 6.45) is 0. The van der Waals surface area contributed by atoms with E-state index >= 15 is 0 Å². The molecular weight excluding hydrogens is 422 g/mol. The fraction of sp³-hybridized carbons (Fsp3) is 0.120. The number of benzene rings is 3. The van der Waals surface area contributed by atoms with Gasteiger partial charge < -0.3 is 4.74 Å².